The number of carbonyl (C=O) groups excluding carboxylic acids is 2. The fraction of sp³-hybridized carbons (Fsp3) is 0.529. The fourth-order valence-corrected chi connectivity index (χ4v) is 2.94. The maximum atomic E-state index is 12.8. The summed E-state index contributed by atoms with van der Waals surface area (Å²) in [5.74, 6) is -0.133. The van der Waals surface area contributed by atoms with Crippen LogP contribution in [0.25, 0.3) is 0 Å². The first-order valence-electron chi connectivity index (χ1n) is 7.41. The van der Waals surface area contributed by atoms with Gasteiger partial charge in [0.1, 0.15) is 11.6 Å². The van der Waals surface area contributed by atoms with Crippen molar-refractivity contribution < 1.29 is 9.59 Å². The minimum absolute atomic E-state index is 0.0176. The molecule has 1 aliphatic rings. The quantitative estimate of drug-likeness (QED) is 0.907. The molecule has 0 spiro atoms. The summed E-state index contributed by atoms with van der Waals surface area (Å²) in [6.45, 7) is 10.1. The predicted octanol–water partition coefficient (Wildman–Crippen LogP) is 2.29. The first kappa shape index (κ1) is 15.5. The molecule has 114 valence electrons. The smallest absolute Gasteiger partial charge is 0.251 e. The maximum absolute atomic E-state index is 12.8. The van der Waals surface area contributed by atoms with Crippen LogP contribution in [0.4, 0.5) is 0 Å². The molecule has 0 saturated carbocycles. The average Bonchev–Trinajstić information content (AvgIpc) is 2.43. The van der Waals surface area contributed by atoms with Crippen LogP contribution in [0.15, 0.2) is 30.3 Å². The first-order chi connectivity index (χ1) is 9.72. The number of piperazine rings is 1. The van der Waals surface area contributed by atoms with Crippen molar-refractivity contribution in [1.29, 1.82) is 0 Å². The van der Waals surface area contributed by atoms with Gasteiger partial charge in [-0.25, -0.2) is 0 Å². The van der Waals surface area contributed by atoms with Crippen LogP contribution in [0.2, 0.25) is 0 Å². The number of hydrogen-bond donors (Lipinski definition) is 1. The van der Waals surface area contributed by atoms with E-state index in [1.807, 2.05) is 65.0 Å². The molecule has 1 fully saturated rings. The SMILES string of the molecule is CCN1C(=O)C(C(C)(C)C)NC(=O)C1(C)c1ccccc1. The normalized spacial score (nSPS) is 26.7. The molecule has 2 amide bonds. The number of nitrogens with zero attached hydrogens (tertiary/aromatic N) is 1. The Hall–Kier alpha value is -1.84. The number of likely N-dealkylation sites (N-methyl/N-ethyl adjacent to an activating group) is 1. The number of benzene rings is 1. The molecule has 1 aromatic rings. The van der Waals surface area contributed by atoms with E-state index in [9.17, 15) is 9.59 Å². The minimum Gasteiger partial charge on any atom is -0.341 e. The monoisotopic (exact) mass is 288 g/mol. The Morgan fingerprint density at radius 2 is 1.76 bits per heavy atom. The van der Waals surface area contributed by atoms with Gasteiger partial charge in [0.25, 0.3) is 5.91 Å². The van der Waals surface area contributed by atoms with Crippen LogP contribution in [0, 0.1) is 5.41 Å². The van der Waals surface area contributed by atoms with Gasteiger partial charge in [0, 0.05) is 6.54 Å². The molecule has 4 nitrogen and oxygen atoms in total. The molecular weight excluding hydrogens is 264 g/mol. The first-order valence-corrected chi connectivity index (χ1v) is 7.41. The van der Waals surface area contributed by atoms with E-state index >= 15 is 0 Å². The Labute approximate surface area is 126 Å². The van der Waals surface area contributed by atoms with Crippen molar-refractivity contribution in [3.63, 3.8) is 0 Å². The highest BCUT2D eigenvalue weighted by Gasteiger charge is 2.52. The van der Waals surface area contributed by atoms with E-state index in [1.54, 1.807) is 4.90 Å². The highest BCUT2D eigenvalue weighted by Crippen LogP contribution is 2.35. The third kappa shape index (κ3) is 2.43. The zero-order valence-electron chi connectivity index (χ0n) is 13.4. The van der Waals surface area contributed by atoms with Gasteiger partial charge in [0.2, 0.25) is 5.91 Å². The summed E-state index contributed by atoms with van der Waals surface area (Å²) in [7, 11) is 0. The third-order valence-electron chi connectivity index (χ3n) is 4.29. The lowest BCUT2D eigenvalue weighted by Crippen LogP contribution is -2.70. The van der Waals surface area contributed by atoms with Gasteiger partial charge < -0.3 is 10.2 Å². The molecule has 21 heavy (non-hydrogen) atoms. The summed E-state index contributed by atoms with van der Waals surface area (Å²) in [5.41, 5.74) is -0.419. The molecule has 1 saturated heterocycles. The number of rotatable bonds is 2. The number of carbonyl (C=O) groups is 2. The van der Waals surface area contributed by atoms with Gasteiger partial charge in [-0.1, -0.05) is 51.1 Å². The number of hydrogen-bond acceptors (Lipinski definition) is 2. The minimum atomic E-state index is -0.950. The van der Waals surface area contributed by atoms with Gasteiger partial charge >= 0.3 is 0 Å². The summed E-state index contributed by atoms with van der Waals surface area (Å²) in [6.07, 6.45) is 0. The second-order valence-electron chi connectivity index (χ2n) is 6.79. The van der Waals surface area contributed by atoms with Gasteiger partial charge in [0.05, 0.1) is 0 Å². The molecule has 1 N–H and O–H groups in total. The van der Waals surface area contributed by atoms with Crippen molar-refractivity contribution >= 4 is 11.8 Å². The third-order valence-corrected chi connectivity index (χ3v) is 4.29. The molecule has 1 aromatic carbocycles. The summed E-state index contributed by atoms with van der Waals surface area (Å²) in [6, 6.07) is 9.00. The highest BCUT2D eigenvalue weighted by atomic mass is 16.2. The zero-order chi connectivity index (χ0) is 15.8. The zero-order valence-corrected chi connectivity index (χ0v) is 13.4. The molecule has 0 radical (unpaired) electrons. The van der Waals surface area contributed by atoms with E-state index in [0.29, 0.717) is 6.54 Å². The summed E-state index contributed by atoms with van der Waals surface area (Å²) >= 11 is 0. The average molecular weight is 288 g/mol. The van der Waals surface area contributed by atoms with Crippen molar-refractivity contribution in [1.82, 2.24) is 10.2 Å². The highest BCUT2D eigenvalue weighted by molar-refractivity contribution is 6.00. The van der Waals surface area contributed by atoms with Crippen molar-refractivity contribution in [2.24, 2.45) is 5.41 Å². The summed E-state index contributed by atoms with van der Waals surface area (Å²) < 4.78 is 0. The lowest BCUT2D eigenvalue weighted by atomic mass is 9.79. The van der Waals surface area contributed by atoms with Gasteiger partial charge in [-0.2, -0.15) is 0 Å². The molecule has 1 heterocycles. The second kappa shape index (κ2) is 5.17. The fourth-order valence-electron chi connectivity index (χ4n) is 2.94. The van der Waals surface area contributed by atoms with Crippen LogP contribution in [0.1, 0.15) is 40.2 Å². The van der Waals surface area contributed by atoms with Crippen molar-refractivity contribution in [3.8, 4) is 0 Å². The van der Waals surface area contributed by atoms with Crippen LogP contribution in [-0.4, -0.2) is 29.3 Å². The number of amides is 2. The Balaban J connectivity index is 2.50. The standard InChI is InChI=1S/C17H24N2O2/c1-6-19-14(20)13(16(2,3)4)18-15(21)17(19,5)12-10-8-7-9-11-12/h7-11,13H,6H2,1-5H3,(H,18,21). The van der Waals surface area contributed by atoms with Crippen LogP contribution in [0.5, 0.6) is 0 Å². The molecule has 1 aliphatic heterocycles. The van der Waals surface area contributed by atoms with Crippen LogP contribution >= 0.6 is 0 Å². The largest absolute Gasteiger partial charge is 0.341 e. The molecule has 2 atom stereocenters. The summed E-state index contributed by atoms with van der Waals surface area (Å²) in [4.78, 5) is 27.3. The van der Waals surface area contributed by atoms with Crippen molar-refractivity contribution in [2.75, 3.05) is 6.54 Å². The predicted molar refractivity (Wildman–Crippen MR) is 82.6 cm³/mol. The second-order valence-corrected chi connectivity index (χ2v) is 6.79. The number of nitrogens with one attached hydrogen (secondary N) is 1. The molecule has 2 unspecified atom stereocenters. The molecule has 2 rings (SSSR count). The lowest BCUT2D eigenvalue weighted by Gasteiger charge is -2.49. The van der Waals surface area contributed by atoms with Crippen molar-refractivity contribution in [2.45, 2.75) is 46.2 Å². The molecule has 0 bridgehead atoms. The Bertz CT molecular complexity index is 548. The van der Waals surface area contributed by atoms with E-state index < -0.39 is 11.6 Å². The molecule has 4 heteroatoms. The maximum Gasteiger partial charge on any atom is 0.251 e. The molecule has 0 aromatic heterocycles. The van der Waals surface area contributed by atoms with E-state index in [1.165, 1.54) is 0 Å². The van der Waals surface area contributed by atoms with E-state index in [0.717, 1.165) is 5.56 Å². The van der Waals surface area contributed by atoms with Gasteiger partial charge in [-0.05, 0) is 24.8 Å². The van der Waals surface area contributed by atoms with Crippen LogP contribution < -0.4 is 5.32 Å². The molecule has 0 aliphatic carbocycles. The van der Waals surface area contributed by atoms with Gasteiger partial charge in [0.15, 0.2) is 0 Å². The Morgan fingerprint density at radius 3 is 2.24 bits per heavy atom. The van der Waals surface area contributed by atoms with E-state index in [2.05, 4.69) is 5.32 Å². The van der Waals surface area contributed by atoms with Crippen molar-refractivity contribution in [3.05, 3.63) is 35.9 Å². The van der Waals surface area contributed by atoms with Gasteiger partial charge in [-0.15, -0.1) is 0 Å². The van der Waals surface area contributed by atoms with Crippen LogP contribution in [0.3, 0.4) is 0 Å². The topological polar surface area (TPSA) is 49.4 Å². The summed E-state index contributed by atoms with van der Waals surface area (Å²) in [5, 5.41) is 2.93. The molecular formula is C17H24N2O2. The van der Waals surface area contributed by atoms with Gasteiger partial charge in [-0.3, -0.25) is 9.59 Å². The Morgan fingerprint density at radius 1 is 1.19 bits per heavy atom. The van der Waals surface area contributed by atoms with Crippen LogP contribution in [-0.2, 0) is 15.1 Å². The van der Waals surface area contributed by atoms with E-state index in [4.69, 9.17) is 0 Å². The Kier molecular flexibility index (Phi) is 3.83. The lowest BCUT2D eigenvalue weighted by molar-refractivity contribution is -0.160. The van der Waals surface area contributed by atoms with E-state index in [-0.39, 0.29) is 17.2 Å².